The van der Waals surface area contributed by atoms with Crippen LogP contribution in [0, 0.1) is 5.92 Å². The number of rotatable bonds is 1. The molecule has 0 aliphatic carbocycles. The van der Waals surface area contributed by atoms with Crippen LogP contribution in [-0.4, -0.2) is 38.4 Å². The van der Waals surface area contributed by atoms with Crippen molar-refractivity contribution in [2.75, 3.05) is 26.9 Å². The van der Waals surface area contributed by atoms with Gasteiger partial charge in [-0.2, -0.15) is 0 Å². The number of ether oxygens (including phenoxy) is 2. The molecule has 2 saturated heterocycles. The molecule has 4 nitrogen and oxygen atoms in total. The molecule has 4 heteroatoms. The lowest BCUT2D eigenvalue weighted by atomic mass is 9.79. The summed E-state index contributed by atoms with van der Waals surface area (Å²) < 4.78 is 10.1. The molecule has 86 valence electrons. The number of nitrogens with one attached hydrogen (secondary N) is 1. The fourth-order valence-corrected chi connectivity index (χ4v) is 2.54. The number of carbonyl (C=O) groups excluding carboxylic acids is 1. The predicted molar refractivity (Wildman–Crippen MR) is 55.5 cm³/mol. The van der Waals surface area contributed by atoms with Crippen molar-refractivity contribution < 1.29 is 14.3 Å². The summed E-state index contributed by atoms with van der Waals surface area (Å²) in [7, 11) is 1.46. The van der Waals surface area contributed by atoms with Gasteiger partial charge in [0.1, 0.15) is 0 Å². The van der Waals surface area contributed by atoms with E-state index in [0.717, 1.165) is 45.4 Å². The Morgan fingerprint density at radius 3 is 2.67 bits per heavy atom. The van der Waals surface area contributed by atoms with Crippen molar-refractivity contribution in [1.82, 2.24) is 5.32 Å². The lowest BCUT2D eigenvalue weighted by Gasteiger charge is -2.43. The third kappa shape index (κ3) is 2.32. The fourth-order valence-electron chi connectivity index (χ4n) is 2.54. The summed E-state index contributed by atoms with van der Waals surface area (Å²) in [6, 6.07) is 0. The van der Waals surface area contributed by atoms with Gasteiger partial charge >= 0.3 is 5.97 Å². The summed E-state index contributed by atoms with van der Waals surface area (Å²) in [6.07, 6.45) is 4.15. The first-order valence-corrected chi connectivity index (χ1v) is 5.66. The predicted octanol–water partition coefficient (Wildman–Crippen LogP) is 0.708. The largest absolute Gasteiger partial charge is 0.469 e. The highest BCUT2D eigenvalue weighted by molar-refractivity contribution is 5.72. The van der Waals surface area contributed by atoms with Crippen LogP contribution in [0.4, 0.5) is 0 Å². The van der Waals surface area contributed by atoms with Gasteiger partial charge in [-0.15, -0.1) is 0 Å². The first-order valence-electron chi connectivity index (χ1n) is 5.66. The zero-order chi connectivity index (χ0) is 10.7. The maximum atomic E-state index is 11.4. The molecule has 1 atom stereocenters. The van der Waals surface area contributed by atoms with E-state index in [1.807, 2.05) is 0 Å². The van der Waals surface area contributed by atoms with E-state index < -0.39 is 0 Å². The average Bonchev–Trinajstić information content (AvgIpc) is 2.30. The maximum Gasteiger partial charge on any atom is 0.309 e. The molecule has 2 fully saturated rings. The molecule has 2 aliphatic heterocycles. The number of hydrogen-bond acceptors (Lipinski definition) is 4. The molecule has 1 N–H and O–H groups in total. The third-order valence-electron chi connectivity index (χ3n) is 3.68. The molecule has 1 spiro atoms. The summed E-state index contributed by atoms with van der Waals surface area (Å²) in [5.74, 6) is -0.0344. The minimum Gasteiger partial charge on any atom is -0.469 e. The van der Waals surface area contributed by atoms with Crippen LogP contribution in [0.15, 0.2) is 0 Å². The van der Waals surface area contributed by atoms with Gasteiger partial charge in [0.2, 0.25) is 0 Å². The summed E-state index contributed by atoms with van der Waals surface area (Å²) in [5, 5.41) is 3.52. The van der Waals surface area contributed by atoms with E-state index in [1.54, 1.807) is 0 Å². The second-order valence-corrected chi connectivity index (χ2v) is 4.53. The standard InChI is InChI=1S/C11H19NO3/c1-14-10(13)9-2-3-11(12-8-9)4-6-15-7-5-11/h9,12H,2-8H2,1H3. The van der Waals surface area contributed by atoms with Crippen LogP contribution < -0.4 is 5.32 Å². The minimum atomic E-state index is -0.0793. The van der Waals surface area contributed by atoms with E-state index in [9.17, 15) is 4.79 Å². The Labute approximate surface area is 90.3 Å². The van der Waals surface area contributed by atoms with Crippen molar-refractivity contribution >= 4 is 5.97 Å². The first kappa shape index (κ1) is 10.9. The van der Waals surface area contributed by atoms with E-state index in [-0.39, 0.29) is 17.4 Å². The average molecular weight is 213 g/mol. The van der Waals surface area contributed by atoms with Crippen molar-refractivity contribution in [1.29, 1.82) is 0 Å². The molecule has 1 unspecified atom stereocenters. The van der Waals surface area contributed by atoms with Gasteiger partial charge in [0.15, 0.2) is 0 Å². The summed E-state index contributed by atoms with van der Waals surface area (Å²) in [6.45, 7) is 2.44. The van der Waals surface area contributed by atoms with Crippen LogP contribution in [-0.2, 0) is 14.3 Å². The van der Waals surface area contributed by atoms with Gasteiger partial charge in [-0.05, 0) is 25.7 Å². The second kappa shape index (κ2) is 4.49. The van der Waals surface area contributed by atoms with Gasteiger partial charge in [0.05, 0.1) is 13.0 Å². The SMILES string of the molecule is COC(=O)C1CCC2(CCOCC2)NC1. The lowest BCUT2D eigenvalue weighted by molar-refractivity contribution is -0.146. The molecule has 0 aromatic heterocycles. The van der Waals surface area contributed by atoms with Crippen molar-refractivity contribution in [3.05, 3.63) is 0 Å². The monoisotopic (exact) mass is 213 g/mol. The highest BCUT2D eigenvalue weighted by atomic mass is 16.5. The Balaban J connectivity index is 1.88. The molecule has 0 radical (unpaired) electrons. The normalized spacial score (nSPS) is 30.1. The molecule has 2 aliphatic rings. The quantitative estimate of drug-likeness (QED) is 0.652. The lowest BCUT2D eigenvalue weighted by Crippen LogP contribution is -2.55. The van der Waals surface area contributed by atoms with Crippen LogP contribution in [0.5, 0.6) is 0 Å². The smallest absolute Gasteiger partial charge is 0.309 e. The number of piperidine rings is 1. The molecule has 0 bridgehead atoms. The van der Waals surface area contributed by atoms with Gasteiger partial charge in [0.25, 0.3) is 0 Å². The summed E-state index contributed by atoms with van der Waals surface area (Å²) in [4.78, 5) is 11.4. The van der Waals surface area contributed by atoms with Crippen LogP contribution in [0.25, 0.3) is 0 Å². The van der Waals surface area contributed by atoms with E-state index in [4.69, 9.17) is 9.47 Å². The zero-order valence-electron chi connectivity index (χ0n) is 9.25. The Kier molecular flexibility index (Phi) is 3.26. The molecule has 0 saturated carbocycles. The van der Waals surface area contributed by atoms with Crippen LogP contribution in [0.1, 0.15) is 25.7 Å². The minimum absolute atomic E-state index is 0.0449. The van der Waals surface area contributed by atoms with Crippen molar-refractivity contribution in [2.24, 2.45) is 5.92 Å². The highest BCUT2D eigenvalue weighted by Gasteiger charge is 2.38. The van der Waals surface area contributed by atoms with Crippen molar-refractivity contribution in [2.45, 2.75) is 31.2 Å². The Bertz CT molecular complexity index is 226. The van der Waals surface area contributed by atoms with E-state index in [0.29, 0.717) is 0 Å². The molecule has 0 aromatic carbocycles. The van der Waals surface area contributed by atoms with E-state index >= 15 is 0 Å². The second-order valence-electron chi connectivity index (χ2n) is 4.53. The van der Waals surface area contributed by atoms with E-state index in [1.165, 1.54) is 7.11 Å². The van der Waals surface area contributed by atoms with E-state index in [2.05, 4.69) is 5.32 Å². The van der Waals surface area contributed by atoms with Crippen molar-refractivity contribution in [3.8, 4) is 0 Å². The number of carbonyl (C=O) groups is 1. The molecule has 15 heavy (non-hydrogen) atoms. The number of esters is 1. The first-order chi connectivity index (χ1) is 7.26. The number of hydrogen-bond donors (Lipinski definition) is 1. The number of methoxy groups -OCH3 is 1. The topological polar surface area (TPSA) is 47.6 Å². The van der Waals surface area contributed by atoms with Crippen molar-refractivity contribution in [3.63, 3.8) is 0 Å². The van der Waals surface area contributed by atoms with Crippen LogP contribution in [0.3, 0.4) is 0 Å². The molecule has 2 rings (SSSR count). The van der Waals surface area contributed by atoms with Crippen LogP contribution in [0.2, 0.25) is 0 Å². The molecular weight excluding hydrogens is 194 g/mol. The molecule has 0 aromatic rings. The summed E-state index contributed by atoms with van der Waals surface area (Å²) >= 11 is 0. The maximum absolute atomic E-state index is 11.4. The Morgan fingerprint density at radius 1 is 1.40 bits per heavy atom. The van der Waals surface area contributed by atoms with Gasteiger partial charge in [0, 0.05) is 25.3 Å². The Hall–Kier alpha value is -0.610. The molecular formula is C11H19NO3. The molecule has 2 heterocycles. The highest BCUT2D eigenvalue weighted by Crippen LogP contribution is 2.31. The fraction of sp³-hybridized carbons (Fsp3) is 0.909. The van der Waals surface area contributed by atoms with Gasteiger partial charge in [-0.25, -0.2) is 0 Å². The van der Waals surface area contributed by atoms with Gasteiger partial charge in [-0.1, -0.05) is 0 Å². The van der Waals surface area contributed by atoms with Gasteiger partial charge < -0.3 is 14.8 Å². The third-order valence-corrected chi connectivity index (χ3v) is 3.68. The zero-order valence-corrected chi connectivity index (χ0v) is 9.25. The van der Waals surface area contributed by atoms with Gasteiger partial charge in [-0.3, -0.25) is 4.79 Å². The summed E-state index contributed by atoms with van der Waals surface area (Å²) in [5.41, 5.74) is 0.239. The Morgan fingerprint density at radius 2 is 2.13 bits per heavy atom. The molecule has 0 amide bonds. The van der Waals surface area contributed by atoms with Crippen LogP contribution >= 0.6 is 0 Å².